The predicted molar refractivity (Wildman–Crippen MR) is 105 cm³/mol. The molecule has 0 fully saturated rings. The Morgan fingerprint density at radius 2 is 1.88 bits per heavy atom. The minimum Gasteiger partial charge on any atom is -0.495 e. The first kappa shape index (κ1) is 16.4. The van der Waals surface area contributed by atoms with Crippen molar-refractivity contribution in [2.75, 3.05) is 12.4 Å². The maximum atomic E-state index is 12.4. The number of nitrogens with zero attached hydrogens (tertiary/aromatic N) is 1. The molecule has 5 nitrogen and oxygen atoms in total. The number of benzene rings is 2. The van der Waals surface area contributed by atoms with E-state index in [1.54, 1.807) is 13.2 Å². The van der Waals surface area contributed by atoms with Gasteiger partial charge >= 0.3 is 5.63 Å². The van der Waals surface area contributed by atoms with E-state index in [9.17, 15) is 4.79 Å². The van der Waals surface area contributed by atoms with Gasteiger partial charge in [0.1, 0.15) is 11.3 Å². The average molecular weight is 364 g/mol. The summed E-state index contributed by atoms with van der Waals surface area (Å²) in [7, 11) is 1.62. The lowest BCUT2D eigenvalue weighted by Gasteiger charge is -2.07. The summed E-state index contributed by atoms with van der Waals surface area (Å²) in [5.41, 5.74) is 2.33. The van der Waals surface area contributed by atoms with E-state index in [1.807, 2.05) is 55.5 Å². The fraction of sp³-hybridized carbons (Fsp3) is 0.100. The van der Waals surface area contributed by atoms with Crippen LogP contribution >= 0.6 is 11.3 Å². The molecular weight excluding hydrogens is 348 g/mol. The molecule has 26 heavy (non-hydrogen) atoms. The minimum absolute atomic E-state index is 0.362. The number of rotatable bonds is 4. The zero-order valence-electron chi connectivity index (χ0n) is 14.3. The standard InChI is InChI=1S/C20H16N2O3S/c1-12-18(14-11-13-7-3-5-9-16(13)25-19(14)23)26-20(21-12)22-15-8-4-6-10-17(15)24-2/h3-11H,1-2H3,(H,21,22). The zero-order valence-corrected chi connectivity index (χ0v) is 15.1. The van der Waals surface area contributed by atoms with Crippen LogP contribution in [-0.2, 0) is 0 Å². The van der Waals surface area contributed by atoms with Crippen LogP contribution in [0.3, 0.4) is 0 Å². The summed E-state index contributed by atoms with van der Waals surface area (Å²) >= 11 is 1.41. The van der Waals surface area contributed by atoms with Gasteiger partial charge in [0, 0.05) is 5.39 Å². The highest BCUT2D eigenvalue weighted by molar-refractivity contribution is 7.19. The highest BCUT2D eigenvalue weighted by Crippen LogP contribution is 2.35. The molecule has 0 spiro atoms. The van der Waals surface area contributed by atoms with Crippen LogP contribution in [0.15, 0.2) is 63.8 Å². The summed E-state index contributed by atoms with van der Waals surface area (Å²) in [5, 5.41) is 4.83. The molecular formula is C20H16N2O3S. The molecule has 0 aliphatic rings. The maximum Gasteiger partial charge on any atom is 0.345 e. The van der Waals surface area contributed by atoms with E-state index in [0.717, 1.165) is 27.4 Å². The Labute approximate surface area is 153 Å². The Hall–Kier alpha value is -3.12. The summed E-state index contributed by atoms with van der Waals surface area (Å²) in [6, 6.07) is 16.9. The topological polar surface area (TPSA) is 64.4 Å². The molecule has 0 unspecified atom stereocenters. The first-order valence-electron chi connectivity index (χ1n) is 8.06. The van der Waals surface area contributed by atoms with Crippen LogP contribution in [0.1, 0.15) is 5.69 Å². The minimum atomic E-state index is -0.362. The number of aryl methyl sites for hydroxylation is 1. The monoisotopic (exact) mass is 364 g/mol. The van der Waals surface area contributed by atoms with Gasteiger partial charge in [0.15, 0.2) is 5.13 Å². The molecule has 0 saturated heterocycles. The normalized spacial score (nSPS) is 10.8. The number of fused-ring (bicyclic) bond motifs is 1. The molecule has 6 heteroatoms. The Morgan fingerprint density at radius 3 is 2.73 bits per heavy atom. The first-order chi connectivity index (χ1) is 12.7. The van der Waals surface area contributed by atoms with E-state index in [4.69, 9.17) is 9.15 Å². The van der Waals surface area contributed by atoms with E-state index < -0.39 is 0 Å². The molecule has 0 amide bonds. The summed E-state index contributed by atoms with van der Waals surface area (Å²) in [4.78, 5) is 17.8. The number of hydrogen-bond donors (Lipinski definition) is 1. The van der Waals surface area contributed by atoms with Gasteiger partial charge in [-0.25, -0.2) is 9.78 Å². The van der Waals surface area contributed by atoms with E-state index in [-0.39, 0.29) is 5.63 Å². The summed E-state index contributed by atoms with van der Waals surface area (Å²) in [6.07, 6.45) is 0. The van der Waals surface area contributed by atoms with Crippen molar-refractivity contribution in [2.24, 2.45) is 0 Å². The van der Waals surface area contributed by atoms with Gasteiger partial charge in [-0.15, -0.1) is 0 Å². The molecule has 4 aromatic rings. The van der Waals surface area contributed by atoms with Gasteiger partial charge in [-0.05, 0) is 31.2 Å². The van der Waals surface area contributed by atoms with Gasteiger partial charge in [-0.1, -0.05) is 41.7 Å². The van der Waals surface area contributed by atoms with Crippen molar-refractivity contribution in [1.29, 1.82) is 0 Å². The molecule has 0 aliphatic heterocycles. The van der Waals surface area contributed by atoms with Crippen molar-refractivity contribution in [2.45, 2.75) is 6.92 Å². The Kier molecular flexibility index (Phi) is 4.18. The Bertz CT molecular complexity index is 1150. The highest BCUT2D eigenvalue weighted by atomic mass is 32.1. The molecule has 0 radical (unpaired) electrons. The number of anilines is 2. The largest absolute Gasteiger partial charge is 0.495 e. The average Bonchev–Trinajstić information content (AvgIpc) is 3.01. The highest BCUT2D eigenvalue weighted by Gasteiger charge is 2.16. The van der Waals surface area contributed by atoms with Crippen molar-refractivity contribution in [3.63, 3.8) is 0 Å². The number of ether oxygens (including phenoxy) is 1. The lowest BCUT2D eigenvalue weighted by atomic mass is 10.1. The lowest BCUT2D eigenvalue weighted by molar-refractivity contribution is 0.417. The summed E-state index contributed by atoms with van der Waals surface area (Å²) < 4.78 is 10.8. The summed E-state index contributed by atoms with van der Waals surface area (Å²) in [6.45, 7) is 1.88. The van der Waals surface area contributed by atoms with Crippen molar-refractivity contribution in [3.05, 3.63) is 70.7 Å². The third-order valence-corrected chi connectivity index (χ3v) is 5.14. The molecule has 0 atom stereocenters. The predicted octanol–water partition coefficient (Wildman–Crippen LogP) is 4.98. The Balaban J connectivity index is 1.75. The third-order valence-electron chi connectivity index (χ3n) is 4.03. The van der Waals surface area contributed by atoms with E-state index in [2.05, 4.69) is 10.3 Å². The van der Waals surface area contributed by atoms with Gasteiger partial charge in [0.25, 0.3) is 0 Å². The number of para-hydroxylation sites is 3. The van der Waals surface area contributed by atoms with Gasteiger partial charge in [0.05, 0.1) is 28.9 Å². The van der Waals surface area contributed by atoms with Crippen LogP contribution in [-0.4, -0.2) is 12.1 Å². The zero-order chi connectivity index (χ0) is 18.1. The van der Waals surface area contributed by atoms with Gasteiger partial charge in [0.2, 0.25) is 0 Å². The molecule has 1 N–H and O–H groups in total. The smallest absolute Gasteiger partial charge is 0.345 e. The maximum absolute atomic E-state index is 12.4. The molecule has 2 heterocycles. The number of nitrogens with one attached hydrogen (secondary N) is 1. The molecule has 0 aliphatic carbocycles. The van der Waals surface area contributed by atoms with E-state index >= 15 is 0 Å². The second-order valence-electron chi connectivity index (χ2n) is 5.74. The molecule has 130 valence electrons. The number of thiazole rings is 1. The fourth-order valence-electron chi connectivity index (χ4n) is 2.78. The van der Waals surface area contributed by atoms with Crippen molar-refractivity contribution < 1.29 is 9.15 Å². The lowest BCUT2D eigenvalue weighted by Crippen LogP contribution is -2.02. The van der Waals surface area contributed by atoms with Crippen LogP contribution < -0.4 is 15.7 Å². The van der Waals surface area contributed by atoms with Gasteiger partial charge in [-0.2, -0.15) is 0 Å². The fourth-order valence-corrected chi connectivity index (χ4v) is 3.77. The number of aromatic nitrogens is 1. The van der Waals surface area contributed by atoms with Crippen molar-refractivity contribution in [3.8, 4) is 16.2 Å². The van der Waals surface area contributed by atoms with Crippen molar-refractivity contribution >= 4 is 33.1 Å². The molecule has 0 bridgehead atoms. The second kappa shape index (κ2) is 6.65. The quantitative estimate of drug-likeness (QED) is 0.518. The van der Waals surface area contributed by atoms with Gasteiger partial charge < -0.3 is 14.5 Å². The molecule has 0 saturated carbocycles. The van der Waals surface area contributed by atoms with Crippen molar-refractivity contribution in [1.82, 2.24) is 4.98 Å². The van der Waals surface area contributed by atoms with Gasteiger partial charge in [-0.3, -0.25) is 0 Å². The number of methoxy groups -OCH3 is 1. The second-order valence-corrected chi connectivity index (χ2v) is 6.74. The van der Waals surface area contributed by atoms with Crippen LogP contribution in [0, 0.1) is 6.92 Å². The first-order valence-corrected chi connectivity index (χ1v) is 8.88. The SMILES string of the molecule is COc1ccccc1Nc1nc(C)c(-c2cc3ccccc3oc2=O)s1. The molecule has 2 aromatic heterocycles. The molecule has 2 aromatic carbocycles. The molecule has 4 rings (SSSR count). The number of hydrogen-bond acceptors (Lipinski definition) is 6. The third kappa shape index (κ3) is 2.95. The van der Waals surface area contributed by atoms with Crippen LogP contribution in [0.2, 0.25) is 0 Å². The Morgan fingerprint density at radius 1 is 1.12 bits per heavy atom. The van der Waals surface area contributed by atoms with Crippen LogP contribution in [0.4, 0.5) is 10.8 Å². The van der Waals surface area contributed by atoms with Crippen LogP contribution in [0.5, 0.6) is 5.75 Å². The summed E-state index contributed by atoms with van der Waals surface area (Å²) in [5.74, 6) is 0.729. The van der Waals surface area contributed by atoms with Crippen LogP contribution in [0.25, 0.3) is 21.4 Å². The van der Waals surface area contributed by atoms with E-state index in [0.29, 0.717) is 16.3 Å². The van der Waals surface area contributed by atoms with E-state index in [1.165, 1.54) is 11.3 Å².